The van der Waals surface area contributed by atoms with E-state index in [1.165, 1.54) is 10.5 Å². The van der Waals surface area contributed by atoms with Crippen molar-refractivity contribution in [3.63, 3.8) is 0 Å². The van der Waals surface area contributed by atoms with Gasteiger partial charge in [0.25, 0.3) is 0 Å². The predicted octanol–water partition coefficient (Wildman–Crippen LogP) is 4.23. The molecule has 0 fully saturated rings. The van der Waals surface area contributed by atoms with Crippen LogP contribution in [0.1, 0.15) is 12.5 Å². The summed E-state index contributed by atoms with van der Waals surface area (Å²) in [7, 11) is 0. The lowest BCUT2D eigenvalue weighted by Crippen LogP contribution is -2.22. The summed E-state index contributed by atoms with van der Waals surface area (Å²) in [5, 5.41) is 2.97. The van der Waals surface area contributed by atoms with Gasteiger partial charge in [0.2, 0.25) is 5.91 Å². The monoisotopic (exact) mass is 285 g/mol. The molecule has 0 heterocycles. The third-order valence-electron chi connectivity index (χ3n) is 3.19. The van der Waals surface area contributed by atoms with Crippen LogP contribution in [0.25, 0.3) is 0 Å². The number of benzene rings is 2. The molecule has 0 aromatic heterocycles. The van der Waals surface area contributed by atoms with Crippen molar-refractivity contribution in [1.29, 1.82) is 0 Å². The summed E-state index contributed by atoms with van der Waals surface area (Å²) in [6, 6.07) is 18.0. The molecule has 0 spiro atoms. The summed E-state index contributed by atoms with van der Waals surface area (Å²) in [5.74, 6) is 0.0170. The molecule has 1 atom stereocenters. The summed E-state index contributed by atoms with van der Waals surface area (Å²) < 4.78 is 0. The first-order valence-corrected chi connectivity index (χ1v) is 7.90. The number of carbonyl (C=O) groups is 1. The second-order valence-corrected chi connectivity index (χ2v) is 5.69. The van der Waals surface area contributed by atoms with Crippen molar-refractivity contribution in [2.45, 2.75) is 18.2 Å². The van der Waals surface area contributed by atoms with E-state index in [4.69, 9.17) is 0 Å². The Labute approximate surface area is 124 Å². The van der Waals surface area contributed by atoms with Crippen LogP contribution in [0.3, 0.4) is 0 Å². The van der Waals surface area contributed by atoms with Gasteiger partial charge in [-0.25, -0.2) is 0 Å². The minimum absolute atomic E-state index is 0.0439. The van der Waals surface area contributed by atoms with Gasteiger partial charge in [-0.15, -0.1) is 11.8 Å². The molecule has 0 bridgehead atoms. The Morgan fingerprint density at radius 2 is 1.75 bits per heavy atom. The highest BCUT2D eigenvalue weighted by atomic mass is 32.2. The molecule has 0 aliphatic heterocycles. The zero-order chi connectivity index (χ0) is 14.4. The molecule has 0 saturated heterocycles. The summed E-state index contributed by atoms with van der Waals surface area (Å²) in [5.41, 5.74) is 2.04. The van der Waals surface area contributed by atoms with Gasteiger partial charge in [-0.1, -0.05) is 37.3 Å². The van der Waals surface area contributed by atoms with Gasteiger partial charge in [0.15, 0.2) is 0 Å². The zero-order valence-corrected chi connectivity index (χ0v) is 12.6. The van der Waals surface area contributed by atoms with Crippen LogP contribution in [-0.4, -0.2) is 12.2 Å². The van der Waals surface area contributed by atoms with Crippen molar-refractivity contribution in [2.75, 3.05) is 11.6 Å². The van der Waals surface area contributed by atoms with Gasteiger partial charge < -0.3 is 5.32 Å². The summed E-state index contributed by atoms with van der Waals surface area (Å²) in [4.78, 5) is 13.3. The van der Waals surface area contributed by atoms with Crippen molar-refractivity contribution in [3.05, 3.63) is 60.2 Å². The molecule has 3 heteroatoms. The normalized spacial score (nSPS) is 11.9. The van der Waals surface area contributed by atoms with Gasteiger partial charge in [-0.2, -0.15) is 0 Å². The largest absolute Gasteiger partial charge is 0.326 e. The molecule has 0 aliphatic rings. The first-order chi connectivity index (χ1) is 9.69. The number of thioether (sulfide) groups is 1. The SMILES string of the molecule is CSc1ccc(NC(=O)C(C)Cc2ccccc2)cc1. The topological polar surface area (TPSA) is 29.1 Å². The van der Waals surface area contributed by atoms with Gasteiger partial charge in [0, 0.05) is 16.5 Å². The molecule has 0 saturated carbocycles. The highest BCUT2D eigenvalue weighted by molar-refractivity contribution is 7.98. The molecular weight excluding hydrogens is 266 g/mol. The Morgan fingerprint density at radius 3 is 2.35 bits per heavy atom. The second kappa shape index (κ2) is 7.15. The maximum Gasteiger partial charge on any atom is 0.227 e. The molecule has 0 radical (unpaired) electrons. The van der Waals surface area contributed by atoms with E-state index in [1.807, 2.05) is 55.6 Å². The summed E-state index contributed by atoms with van der Waals surface area (Å²) in [6.45, 7) is 1.96. The van der Waals surface area contributed by atoms with E-state index in [0.717, 1.165) is 12.1 Å². The molecular formula is C17H19NOS. The number of carbonyl (C=O) groups excluding carboxylic acids is 1. The number of hydrogen-bond acceptors (Lipinski definition) is 2. The Kier molecular flexibility index (Phi) is 5.24. The van der Waals surface area contributed by atoms with Crippen LogP contribution in [0.2, 0.25) is 0 Å². The van der Waals surface area contributed by atoms with Gasteiger partial charge in [0.1, 0.15) is 0 Å². The molecule has 1 amide bonds. The maximum atomic E-state index is 12.2. The molecule has 2 nitrogen and oxygen atoms in total. The average molecular weight is 285 g/mol. The van der Waals surface area contributed by atoms with Crippen molar-refractivity contribution < 1.29 is 4.79 Å². The third-order valence-corrected chi connectivity index (χ3v) is 3.93. The van der Waals surface area contributed by atoms with Crippen LogP contribution < -0.4 is 5.32 Å². The van der Waals surface area contributed by atoms with Gasteiger partial charge in [-0.3, -0.25) is 4.79 Å². The molecule has 1 N–H and O–H groups in total. The summed E-state index contributed by atoms with van der Waals surface area (Å²) in [6.07, 6.45) is 2.80. The van der Waals surface area contributed by atoms with E-state index in [-0.39, 0.29) is 11.8 Å². The lowest BCUT2D eigenvalue weighted by Gasteiger charge is -2.12. The predicted molar refractivity (Wildman–Crippen MR) is 86.2 cm³/mol. The van der Waals surface area contributed by atoms with Crippen molar-refractivity contribution in [2.24, 2.45) is 5.92 Å². The Hall–Kier alpha value is -1.74. The molecule has 20 heavy (non-hydrogen) atoms. The minimum Gasteiger partial charge on any atom is -0.326 e. The summed E-state index contributed by atoms with van der Waals surface area (Å²) >= 11 is 1.69. The van der Waals surface area contributed by atoms with Crippen molar-refractivity contribution in [1.82, 2.24) is 0 Å². The van der Waals surface area contributed by atoms with E-state index < -0.39 is 0 Å². The van der Waals surface area contributed by atoms with Crippen LogP contribution in [0, 0.1) is 5.92 Å². The van der Waals surface area contributed by atoms with E-state index >= 15 is 0 Å². The number of anilines is 1. The maximum absolute atomic E-state index is 12.2. The second-order valence-electron chi connectivity index (χ2n) is 4.81. The lowest BCUT2D eigenvalue weighted by molar-refractivity contribution is -0.119. The number of rotatable bonds is 5. The number of amides is 1. The quantitative estimate of drug-likeness (QED) is 0.833. The van der Waals surface area contributed by atoms with E-state index in [9.17, 15) is 4.79 Å². The fourth-order valence-corrected chi connectivity index (χ4v) is 2.41. The average Bonchev–Trinajstić information content (AvgIpc) is 2.49. The van der Waals surface area contributed by atoms with Crippen LogP contribution >= 0.6 is 11.8 Å². The minimum atomic E-state index is -0.0439. The molecule has 2 aromatic carbocycles. The van der Waals surface area contributed by atoms with Crippen LogP contribution in [0.15, 0.2) is 59.5 Å². The first kappa shape index (κ1) is 14.7. The molecule has 2 rings (SSSR count). The van der Waals surface area contributed by atoms with Gasteiger partial charge >= 0.3 is 0 Å². The smallest absolute Gasteiger partial charge is 0.227 e. The van der Waals surface area contributed by atoms with Gasteiger partial charge in [0.05, 0.1) is 0 Å². The molecule has 0 aliphatic carbocycles. The van der Waals surface area contributed by atoms with Gasteiger partial charge in [-0.05, 0) is 42.5 Å². The van der Waals surface area contributed by atoms with Crippen LogP contribution in [0.4, 0.5) is 5.69 Å². The number of hydrogen-bond donors (Lipinski definition) is 1. The first-order valence-electron chi connectivity index (χ1n) is 6.68. The van der Waals surface area contributed by atoms with E-state index in [2.05, 4.69) is 17.4 Å². The highest BCUT2D eigenvalue weighted by Crippen LogP contribution is 2.18. The van der Waals surface area contributed by atoms with Crippen LogP contribution in [0.5, 0.6) is 0 Å². The highest BCUT2D eigenvalue weighted by Gasteiger charge is 2.13. The van der Waals surface area contributed by atoms with E-state index in [0.29, 0.717) is 0 Å². The Balaban J connectivity index is 1.93. The Bertz CT molecular complexity index is 551. The lowest BCUT2D eigenvalue weighted by atomic mass is 10.0. The standard InChI is InChI=1S/C17H19NOS/c1-13(12-14-6-4-3-5-7-14)17(19)18-15-8-10-16(20-2)11-9-15/h3-11,13H,12H2,1-2H3,(H,18,19). The molecule has 2 aromatic rings. The molecule has 1 unspecified atom stereocenters. The number of nitrogens with one attached hydrogen (secondary N) is 1. The van der Waals surface area contributed by atoms with E-state index in [1.54, 1.807) is 11.8 Å². The third kappa shape index (κ3) is 4.14. The molecule has 104 valence electrons. The van der Waals surface area contributed by atoms with Crippen molar-refractivity contribution in [3.8, 4) is 0 Å². The van der Waals surface area contributed by atoms with Crippen molar-refractivity contribution >= 4 is 23.4 Å². The van der Waals surface area contributed by atoms with Crippen LogP contribution in [-0.2, 0) is 11.2 Å². The zero-order valence-electron chi connectivity index (χ0n) is 11.8. The fourth-order valence-electron chi connectivity index (χ4n) is 2.00. The Morgan fingerprint density at radius 1 is 1.10 bits per heavy atom. The fraction of sp³-hybridized carbons (Fsp3) is 0.235.